The van der Waals surface area contributed by atoms with Crippen molar-refractivity contribution in [2.45, 2.75) is 37.8 Å². The summed E-state index contributed by atoms with van der Waals surface area (Å²) < 4.78 is 52.8. The molecule has 0 bridgehead atoms. The van der Waals surface area contributed by atoms with Crippen LogP contribution in [0.3, 0.4) is 0 Å². The van der Waals surface area contributed by atoms with Crippen molar-refractivity contribution in [1.82, 2.24) is 0 Å². The number of rotatable bonds is 1. The minimum absolute atomic E-state index is 0.0673. The Morgan fingerprint density at radius 1 is 1.00 bits per heavy atom. The van der Waals surface area contributed by atoms with Gasteiger partial charge < -0.3 is 0 Å². The van der Waals surface area contributed by atoms with Gasteiger partial charge in [-0.3, -0.25) is 4.79 Å². The van der Waals surface area contributed by atoms with Gasteiger partial charge in [-0.15, -0.1) is 0 Å². The van der Waals surface area contributed by atoms with E-state index in [1.54, 1.807) is 24.3 Å². The van der Waals surface area contributed by atoms with Gasteiger partial charge in [-0.1, -0.05) is 30.3 Å². The number of halogens is 4. The molecule has 1 aliphatic rings. The standard InChI is InChI=1S/C19H16F4O/c20-15-7-5-12-6-8-18(24)16-4-2-1-3-13(16)9-14(17(12)10-15)11-19(21,22)23/h1-5,7,10,14H,6,8-9,11H2. The van der Waals surface area contributed by atoms with E-state index >= 15 is 0 Å². The van der Waals surface area contributed by atoms with Crippen molar-refractivity contribution < 1.29 is 22.4 Å². The lowest BCUT2D eigenvalue weighted by atomic mass is 9.85. The molecule has 0 amide bonds. The Kier molecular flexibility index (Phi) is 4.43. The van der Waals surface area contributed by atoms with Gasteiger partial charge in [0.15, 0.2) is 5.78 Å². The van der Waals surface area contributed by atoms with E-state index in [1.165, 1.54) is 18.2 Å². The number of carbonyl (C=O) groups excluding carboxylic acids is 1. The van der Waals surface area contributed by atoms with Crippen molar-refractivity contribution in [3.05, 3.63) is 70.5 Å². The minimum atomic E-state index is -4.36. The predicted octanol–water partition coefficient (Wildman–Crippen LogP) is 5.23. The third kappa shape index (κ3) is 3.66. The summed E-state index contributed by atoms with van der Waals surface area (Å²) in [6.07, 6.45) is -4.81. The molecule has 0 spiro atoms. The summed E-state index contributed by atoms with van der Waals surface area (Å²) in [6, 6.07) is 10.7. The number of carbonyl (C=O) groups is 1. The molecule has 0 saturated carbocycles. The maximum Gasteiger partial charge on any atom is 0.389 e. The molecule has 1 aliphatic carbocycles. The Morgan fingerprint density at radius 2 is 1.75 bits per heavy atom. The van der Waals surface area contributed by atoms with Crippen LogP contribution in [0.1, 0.15) is 45.8 Å². The van der Waals surface area contributed by atoms with Crippen LogP contribution < -0.4 is 0 Å². The van der Waals surface area contributed by atoms with Crippen molar-refractivity contribution in [2.75, 3.05) is 0 Å². The fourth-order valence-corrected chi connectivity index (χ4v) is 3.36. The van der Waals surface area contributed by atoms with Crippen molar-refractivity contribution in [3.8, 4) is 0 Å². The molecule has 0 aromatic heterocycles. The van der Waals surface area contributed by atoms with Gasteiger partial charge in [0.05, 0.1) is 6.42 Å². The highest BCUT2D eigenvalue weighted by atomic mass is 19.4. The molecule has 0 aliphatic heterocycles. The monoisotopic (exact) mass is 336 g/mol. The number of alkyl halides is 3. The van der Waals surface area contributed by atoms with E-state index in [1.807, 2.05) is 0 Å². The highest BCUT2D eigenvalue weighted by molar-refractivity contribution is 5.97. The van der Waals surface area contributed by atoms with Crippen molar-refractivity contribution in [1.29, 1.82) is 0 Å². The Morgan fingerprint density at radius 3 is 2.50 bits per heavy atom. The van der Waals surface area contributed by atoms with Gasteiger partial charge in [0.25, 0.3) is 0 Å². The molecule has 2 aromatic rings. The number of hydrogen-bond donors (Lipinski definition) is 0. The number of Topliss-reactive ketones (excluding diaryl/α,β-unsaturated/α-hetero) is 1. The molecular formula is C19H16F4O. The first-order chi connectivity index (χ1) is 11.3. The van der Waals surface area contributed by atoms with Crippen LogP contribution in [0.5, 0.6) is 0 Å². The van der Waals surface area contributed by atoms with Gasteiger partial charge in [-0.05, 0) is 47.6 Å². The Balaban J connectivity index is 2.11. The molecule has 3 rings (SSSR count). The minimum Gasteiger partial charge on any atom is -0.294 e. The molecule has 0 N–H and O–H groups in total. The first kappa shape index (κ1) is 16.7. The highest BCUT2D eigenvalue weighted by Crippen LogP contribution is 2.37. The molecule has 0 fully saturated rings. The molecule has 5 heteroatoms. The zero-order valence-corrected chi connectivity index (χ0v) is 12.9. The van der Waals surface area contributed by atoms with Gasteiger partial charge in [0.1, 0.15) is 5.82 Å². The summed E-state index contributed by atoms with van der Waals surface area (Å²) in [5.74, 6) is -1.55. The van der Waals surface area contributed by atoms with E-state index in [-0.39, 0.29) is 18.6 Å². The van der Waals surface area contributed by atoms with Crippen LogP contribution >= 0.6 is 0 Å². The third-order valence-corrected chi connectivity index (χ3v) is 4.43. The summed E-state index contributed by atoms with van der Waals surface area (Å²) in [4.78, 5) is 12.4. The van der Waals surface area contributed by atoms with Gasteiger partial charge in [-0.2, -0.15) is 13.2 Å². The third-order valence-electron chi connectivity index (χ3n) is 4.43. The quantitative estimate of drug-likeness (QED) is 0.652. The normalized spacial score (nSPS) is 18.2. The van der Waals surface area contributed by atoms with E-state index in [9.17, 15) is 22.4 Å². The molecule has 126 valence electrons. The van der Waals surface area contributed by atoms with Crippen LogP contribution in [0.4, 0.5) is 17.6 Å². The Hall–Kier alpha value is -2.17. The number of aryl methyl sites for hydroxylation is 1. The predicted molar refractivity (Wildman–Crippen MR) is 82.6 cm³/mol. The van der Waals surface area contributed by atoms with E-state index in [2.05, 4.69) is 0 Å². The highest BCUT2D eigenvalue weighted by Gasteiger charge is 2.34. The van der Waals surface area contributed by atoms with E-state index in [0.29, 0.717) is 28.7 Å². The zero-order chi connectivity index (χ0) is 17.3. The molecule has 24 heavy (non-hydrogen) atoms. The number of benzene rings is 2. The van der Waals surface area contributed by atoms with E-state index in [4.69, 9.17) is 0 Å². The smallest absolute Gasteiger partial charge is 0.294 e. The SMILES string of the molecule is O=C1CCc2ccc(F)cc2C(CC(F)(F)F)Cc2ccccc21. The van der Waals surface area contributed by atoms with Crippen molar-refractivity contribution in [3.63, 3.8) is 0 Å². The lowest BCUT2D eigenvalue weighted by Gasteiger charge is -2.22. The van der Waals surface area contributed by atoms with Gasteiger partial charge in [0.2, 0.25) is 0 Å². The summed E-state index contributed by atoms with van der Waals surface area (Å²) in [5.41, 5.74) is 2.04. The molecule has 1 atom stereocenters. The zero-order valence-electron chi connectivity index (χ0n) is 12.9. The molecule has 2 aromatic carbocycles. The van der Waals surface area contributed by atoms with Crippen LogP contribution in [0.25, 0.3) is 0 Å². The lowest BCUT2D eigenvalue weighted by Crippen LogP contribution is -2.17. The fourth-order valence-electron chi connectivity index (χ4n) is 3.36. The van der Waals surface area contributed by atoms with Gasteiger partial charge >= 0.3 is 6.18 Å². The van der Waals surface area contributed by atoms with Crippen LogP contribution in [0.15, 0.2) is 42.5 Å². The summed E-state index contributed by atoms with van der Waals surface area (Å²) in [5, 5.41) is 0. The van der Waals surface area contributed by atoms with Crippen molar-refractivity contribution in [2.24, 2.45) is 0 Å². The lowest BCUT2D eigenvalue weighted by molar-refractivity contribution is -0.138. The largest absolute Gasteiger partial charge is 0.389 e. The second-order valence-corrected chi connectivity index (χ2v) is 6.14. The van der Waals surface area contributed by atoms with Crippen LogP contribution in [-0.2, 0) is 12.8 Å². The molecule has 1 nitrogen and oxygen atoms in total. The molecule has 0 radical (unpaired) electrons. The second kappa shape index (κ2) is 6.38. The Labute approximate surface area is 137 Å². The number of hydrogen-bond acceptors (Lipinski definition) is 1. The molecule has 0 saturated heterocycles. The topological polar surface area (TPSA) is 17.1 Å². The Bertz CT molecular complexity index is 764. The second-order valence-electron chi connectivity index (χ2n) is 6.14. The van der Waals surface area contributed by atoms with E-state index in [0.717, 1.165) is 0 Å². The van der Waals surface area contributed by atoms with Gasteiger partial charge in [0, 0.05) is 12.0 Å². The number of fused-ring (bicyclic) bond motifs is 2. The first-order valence-electron chi connectivity index (χ1n) is 7.79. The first-order valence-corrected chi connectivity index (χ1v) is 7.79. The maximum atomic E-state index is 13.7. The van der Waals surface area contributed by atoms with Gasteiger partial charge in [-0.25, -0.2) is 4.39 Å². The molecular weight excluding hydrogens is 320 g/mol. The molecule has 0 heterocycles. The summed E-state index contributed by atoms with van der Waals surface area (Å²) in [7, 11) is 0. The summed E-state index contributed by atoms with van der Waals surface area (Å²) >= 11 is 0. The van der Waals surface area contributed by atoms with Crippen LogP contribution in [-0.4, -0.2) is 12.0 Å². The average molecular weight is 336 g/mol. The number of ketones is 1. The van der Waals surface area contributed by atoms with Crippen LogP contribution in [0.2, 0.25) is 0 Å². The molecule has 1 unspecified atom stereocenters. The summed E-state index contributed by atoms with van der Waals surface area (Å²) in [6.45, 7) is 0. The van der Waals surface area contributed by atoms with Crippen LogP contribution in [0, 0.1) is 5.82 Å². The maximum absolute atomic E-state index is 13.7. The fraction of sp³-hybridized carbons (Fsp3) is 0.316. The average Bonchev–Trinajstić information content (AvgIpc) is 2.56. The van der Waals surface area contributed by atoms with Crippen molar-refractivity contribution >= 4 is 5.78 Å². The van der Waals surface area contributed by atoms with E-state index < -0.39 is 24.3 Å².